The highest BCUT2D eigenvalue weighted by atomic mass is 32.2. The van der Waals surface area contributed by atoms with Gasteiger partial charge < -0.3 is 32.0 Å². The van der Waals surface area contributed by atoms with Crippen molar-refractivity contribution < 1.29 is 37.3 Å². The highest BCUT2D eigenvalue weighted by Crippen LogP contribution is 2.40. The number of carboxylic acid groups (broad SMARTS) is 1. The van der Waals surface area contributed by atoms with Crippen molar-refractivity contribution in [2.45, 2.75) is 50.0 Å². The molecule has 8 N–H and O–H groups in total. The van der Waals surface area contributed by atoms with E-state index in [2.05, 4.69) is 31.0 Å². The third-order valence-corrected chi connectivity index (χ3v) is 7.51. The fraction of sp³-hybridized carbons (Fsp3) is 0.526. The summed E-state index contributed by atoms with van der Waals surface area (Å²) in [6.45, 7) is 1.23. The molecule has 2 fully saturated rings. The lowest BCUT2D eigenvalue weighted by atomic mass is 9.98. The van der Waals surface area contributed by atoms with Crippen molar-refractivity contribution >= 4 is 50.3 Å². The number of carbonyl (C=O) groups excluding carboxylic acids is 2. The molecule has 20 heteroatoms. The van der Waals surface area contributed by atoms with Crippen LogP contribution in [0.25, 0.3) is 0 Å². The molecule has 3 heterocycles. The largest absolute Gasteiger partial charge is 0.478 e. The molecule has 0 spiro atoms. The smallest absolute Gasteiger partial charge is 0.362 e. The Labute approximate surface area is 225 Å². The van der Waals surface area contributed by atoms with Crippen LogP contribution in [0.15, 0.2) is 16.7 Å². The highest BCUT2D eigenvalue weighted by Gasteiger charge is 2.56. The van der Waals surface area contributed by atoms with Crippen LogP contribution in [0.2, 0.25) is 0 Å². The molecule has 39 heavy (non-hydrogen) atoms. The van der Waals surface area contributed by atoms with Crippen LogP contribution in [0.1, 0.15) is 30.7 Å². The lowest BCUT2D eigenvalue weighted by Gasteiger charge is -2.43. The summed E-state index contributed by atoms with van der Waals surface area (Å²) < 4.78 is 33.5. The molecule has 2 aliphatic rings. The van der Waals surface area contributed by atoms with Gasteiger partial charge in [0.15, 0.2) is 10.8 Å². The molecule has 0 aromatic carbocycles. The first-order valence-electron chi connectivity index (χ1n) is 11.6. The maximum atomic E-state index is 13.2. The monoisotopic (exact) mass is 586 g/mol. The predicted molar refractivity (Wildman–Crippen MR) is 133 cm³/mol. The van der Waals surface area contributed by atoms with Gasteiger partial charge in [0.2, 0.25) is 5.60 Å². The second-order valence-electron chi connectivity index (χ2n) is 8.74. The van der Waals surface area contributed by atoms with Crippen LogP contribution in [0.3, 0.4) is 0 Å². The molecule has 2 atom stereocenters. The summed E-state index contributed by atoms with van der Waals surface area (Å²) in [5.74, 6) is -3.39. The van der Waals surface area contributed by atoms with E-state index in [0.717, 1.165) is 22.6 Å². The highest BCUT2D eigenvalue weighted by molar-refractivity contribution is 7.84. The van der Waals surface area contributed by atoms with Gasteiger partial charge in [0.05, 0.1) is 18.4 Å². The average molecular weight is 587 g/mol. The third-order valence-electron chi connectivity index (χ3n) is 5.89. The van der Waals surface area contributed by atoms with Gasteiger partial charge in [-0.3, -0.25) is 14.1 Å². The summed E-state index contributed by atoms with van der Waals surface area (Å²) in [6, 6.07) is -2.73. The van der Waals surface area contributed by atoms with Gasteiger partial charge in [-0.25, -0.2) is 14.1 Å². The normalized spacial score (nSPS) is 20.4. The van der Waals surface area contributed by atoms with E-state index >= 15 is 0 Å². The lowest BCUT2D eigenvalue weighted by molar-refractivity contribution is -0.153. The zero-order valence-corrected chi connectivity index (χ0v) is 21.9. The zero-order chi connectivity index (χ0) is 28.4. The number of oxime groups is 1. The van der Waals surface area contributed by atoms with E-state index in [1.807, 2.05) is 0 Å². The van der Waals surface area contributed by atoms with E-state index in [1.165, 1.54) is 11.6 Å². The number of hydrogen-bond donors (Lipinski definition) is 6. The van der Waals surface area contributed by atoms with Crippen LogP contribution < -0.4 is 22.1 Å². The van der Waals surface area contributed by atoms with Crippen molar-refractivity contribution in [3.8, 4) is 0 Å². The van der Waals surface area contributed by atoms with Crippen molar-refractivity contribution in [1.82, 2.24) is 34.9 Å². The molecule has 212 valence electrons. The second kappa shape index (κ2) is 11.2. The molecule has 2 aromatic heterocycles. The Morgan fingerprint density at radius 2 is 2.10 bits per heavy atom. The number of hydrogen-bond acceptors (Lipinski definition) is 14. The first-order chi connectivity index (χ1) is 18.4. The quantitative estimate of drug-likeness (QED) is 0.0432. The SMILES string of the molecule is NCCCNCc1cnn(CC2C(NC(=O)C(=NOC3(C(=O)O)CC3)c3csc(N)n3)C(=O)N2S(=O)(=O)O)n1. The molecule has 1 saturated heterocycles. The van der Waals surface area contributed by atoms with Gasteiger partial charge in [-0.2, -0.15) is 23.4 Å². The number of amides is 2. The van der Waals surface area contributed by atoms with Gasteiger partial charge in [0.1, 0.15) is 17.8 Å². The Bertz CT molecular complexity index is 1390. The number of nitrogen functional groups attached to an aromatic ring is 1. The van der Waals surface area contributed by atoms with Crippen molar-refractivity contribution in [3.05, 3.63) is 23.0 Å². The second-order valence-corrected chi connectivity index (χ2v) is 10.9. The molecule has 2 unspecified atom stereocenters. The molecule has 0 radical (unpaired) electrons. The Hall–Kier alpha value is -3.72. The van der Waals surface area contributed by atoms with E-state index in [1.54, 1.807) is 0 Å². The number of nitrogens with two attached hydrogens (primary N) is 2. The summed E-state index contributed by atoms with van der Waals surface area (Å²) in [5, 5.41) is 28.2. The Morgan fingerprint density at radius 1 is 1.36 bits per heavy atom. The topological polar surface area (TPSA) is 270 Å². The molecule has 2 amide bonds. The standard InChI is InChI=1S/C19H26N10O8S2/c20-4-1-5-22-6-10-7-23-28(26-10)8-12-14(16(31)29(12)39(34,35)36)25-15(30)13(11-9-38-18(21)24-11)27-37-19(2-3-19)17(32)33/h7,9,12,14,22H,1-6,8,20H2,(H2,21,24)(H,25,30)(H,32,33)(H,34,35,36). The van der Waals surface area contributed by atoms with Crippen LogP contribution in [0.4, 0.5) is 5.13 Å². The van der Waals surface area contributed by atoms with E-state index in [4.69, 9.17) is 16.3 Å². The Morgan fingerprint density at radius 3 is 2.69 bits per heavy atom. The molecule has 2 aromatic rings. The molecule has 18 nitrogen and oxygen atoms in total. The van der Waals surface area contributed by atoms with Crippen molar-refractivity contribution in [3.63, 3.8) is 0 Å². The van der Waals surface area contributed by atoms with E-state index in [9.17, 15) is 32.5 Å². The number of nitrogens with zero attached hydrogens (tertiary/aromatic N) is 6. The molecule has 1 aliphatic heterocycles. The number of aromatic nitrogens is 4. The summed E-state index contributed by atoms with van der Waals surface area (Å²) in [5.41, 5.74) is 9.52. The van der Waals surface area contributed by atoms with Crippen molar-refractivity contribution in [1.29, 1.82) is 0 Å². The van der Waals surface area contributed by atoms with Crippen LogP contribution in [0, 0.1) is 0 Å². The number of β-lactam (4-membered cyclic amide) rings is 1. The van der Waals surface area contributed by atoms with Crippen molar-refractivity contribution in [2.75, 3.05) is 18.8 Å². The maximum Gasteiger partial charge on any atom is 0.362 e. The molecule has 0 bridgehead atoms. The lowest BCUT2D eigenvalue weighted by Crippen LogP contribution is -2.73. The molecule has 1 aliphatic carbocycles. The van der Waals surface area contributed by atoms with Gasteiger partial charge in [0, 0.05) is 24.8 Å². The predicted octanol–water partition coefficient (Wildman–Crippen LogP) is -2.71. The van der Waals surface area contributed by atoms with E-state index in [-0.39, 0.29) is 34.5 Å². The minimum absolute atomic E-state index is 0.0494. The number of aliphatic carboxylic acids is 1. The summed E-state index contributed by atoms with van der Waals surface area (Å²) >= 11 is 0.976. The minimum Gasteiger partial charge on any atom is -0.478 e. The van der Waals surface area contributed by atoms with Crippen molar-refractivity contribution in [2.24, 2.45) is 10.9 Å². The number of carbonyl (C=O) groups is 3. The maximum absolute atomic E-state index is 13.2. The fourth-order valence-corrected chi connectivity index (χ4v) is 5.07. The van der Waals surface area contributed by atoms with Crippen LogP contribution in [-0.4, -0.2) is 96.6 Å². The van der Waals surface area contributed by atoms with Gasteiger partial charge in [-0.05, 0) is 19.5 Å². The summed E-state index contributed by atoms with van der Waals surface area (Å²) in [6.07, 6.45) is 2.54. The Balaban J connectivity index is 1.51. The first kappa shape index (κ1) is 28.3. The minimum atomic E-state index is -4.97. The fourth-order valence-electron chi connectivity index (χ4n) is 3.65. The number of carboxylic acids is 1. The van der Waals surface area contributed by atoms with Crippen LogP contribution in [-0.2, 0) is 42.6 Å². The third kappa shape index (κ3) is 6.30. The van der Waals surface area contributed by atoms with Gasteiger partial charge in [-0.15, -0.1) is 11.3 Å². The molecular formula is C19H26N10O8S2. The van der Waals surface area contributed by atoms with Crippen LogP contribution in [0.5, 0.6) is 0 Å². The number of nitrogens with one attached hydrogen (secondary N) is 2. The van der Waals surface area contributed by atoms with Gasteiger partial charge >= 0.3 is 16.3 Å². The van der Waals surface area contributed by atoms with E-state index < -0.39 is 51.5 Å². The number of thiazole rings is 1. The first-order valence-corrected chi connectivity index (χ1v) is 13.8. The molecule has 4 rings (SSSR count). The summed E-state index contributed by atoms with van der Waals surface area (Å²) in [7, 11) is -4.97. The van der Waals surface area contributed by atoms with Gasteiger partial charge in [0.25, 0.3) is 11.8 Å². The number of anilines is 1. The Kier molecular flexibility index (Phi) is 8.11. The average Bonchev–Trinajstić information content (AvgIpc) is 3.33. The molecular weight excluding hydrogens is 560 g/mol. The zero-order valence-electron chi connectivity index (χ0n) is 20.3. The number of rotatable bonds is 14. The van der Waals surface area contributed by atoms with E-state index in [0.29, 0.717) is 25.3 Å². The van der Waals surface area contributed by atoms with Gasteiger partial charge in [-0.1, -0.05) is 5.16 Å². The molecule has 1 saturated carbocycles. The summed E-state index contributed by atoms with van der Waals surface area (Å²) in [4.78, 5) is 47.5. The van der Waals surface area contributed by atoms with Crippen LogP contribution >= 0.6 is 11.3 Å².